The molecule has 0 bridgehead atoms. The molecule has 0 unspecified atom stereocenters. The molecule has 19 heavy (non-hydrogen) atoms. The van der Waals surface area contributed by atoms with Crippen molar-refractivity contribution in [1.82, 2.24) is 19.7 Å². The number of nitrogens with one attached hydrogen (secondary N) is 1. The van der Waals surface area contributed by atoms with E-state index >= 15 is 0 Å². The van der Waals surface area contributed by atoms with Crippen molar-refractivity contribution < 1.29 is 0 Å². The first-order chi connectivity index (χ1) is 9.04. The van der Waals surface area contributed by atoms with Crippen LogP contribution in [0.25, 0.3) is 11.5 Å². The minimum atomic E-state index is 0.321. The molecule has 2 aromatic heterocycles. The Balaban J connectivity index is 2.59. The monoisotopic (exact) mass is 323 g/mol. The third-order valence-corrected chi connectivity index (χ3v) is 3.60. The zero-order valence-electron chi connectivity index (χ0n) is 11.6. The summed E-state index contributed by atoms with van der Waals surface area (Å²) in [4.78, 5) is 9.24. The van der Waals surface area contributed by atoms with Crippen molar-refractivity contribution in [3.63, 3.8) is 0 Å². The highest BCUT2D eigenvalue weighted by Crippen LogP contribution is 2.31. The van der Waals surface area contributed by atoms with Crippen molar-refractivity contribution in [2.45, 2.75) is 26.7 Å². The topological polar surface area (TPSA) is 55.6 Å². The van der Waals surface area contributed by atoms with Crippen LogP contribution < -0.4 is 5.32 Å². The van der Waals surface area contributed by atoms with Gasteiger partial charge in [-0.05, 0) is 34.8 Å². The highest BCUT2D eigenvalue weighted by molar-refractivity contribution is 9.10. The third kappa shape index (κ3) is 2.78. The molecule has 1 N–H and O–H groups in total. The Labute approximate surface area is 121 Å². The molecule has 5 nitrogen and oxygen atoms in total. The molecule has 0 amide bonds. The van der Waals surface area contributed by atoms with E-state index in [9.17, 15) is 0 Å². The van der Waals surface area contributed by atoms with Crippen molar-refractivity contribution in [1.29, 1.82) is 0 Å². The summed E-state index contributed by atoms with van der Waals surface area (Å²) in [6.07, 6.45) is 1.75. The molecule has 0 aliphatic carbocycles. The van der Waals surface area contributed by atoms with Crippen LogP contribution in [-0.4, -0.2) is 26.3 Å². The van der Waals surface area contributed by atoms with Gasteiger partial charge in [0.05, 0.1) is 10.2 Å². The highest BCUT2D eigenvalue weighted by atomic mass is 79.9. The number of hydrogen-bond donors (Lipinski definition) is 1. The van der Waals surface area contributed by atoms with Crippen LogP contribution in [0, 0.1) is 0 Å². The van der Waals surface area contributed by atoms with Gasteiger partial charge in [0.25, 0.3) is 0 Å². The fourth-order valence-corrected chi connectivity index (χ4v) is 2.61. The van der Waals surface area contributed by atoms with Gasteiger partial charge >= 0.3 is 0 Å². The second kappa shape index (κ2) is 5.69. The second-order valence-electron chi connectivity index (χ2n) is 4.62. The van der Waals surface area contributed by atoms with Crippen LogP contribution in [0.5, 0.6) is 0 Å². The maximum absolute atomic E-state index is 4.66. The lowest BCUT2D eigenvalue weighted by molar-refractivity contribution is 0.761. The summed E-state index contributed by atoms with van der Waals surface area (Å²) in [6, 6.07) is 1.92. The maximum atomic E-state index is 4.66. The van der Waals surface area contributed by atoms with Gasteiger partial charge in [0.15, 0.2) is 5.82 Å². The molecule has 0 atom stereocenters. The van der Waals surface area contributed by atoms with E-state index in [-0.39, 0.29) is 0 Å². The van der Waals surface area contributed by atoms with Crippen molar-refractivity contribution in [2.24, 2.45) is 7.05 Å². The smallest absolute Gasteiger partial charge is 0.180 e. The number of rotatable bonds is 4. The van der Waals surface area contributed by atoms with Crippen LogP contribution in [0.3, 0.4) is 0 Å². The zero-order valence-corrected chi connectivity index (χ0v) is 13.2. The number of anilines is 1. The van der Waals surface area contributed by atoms with Crippen LogP contribution >= 0.6 is 15.9 Å². The first-order valence-corrected chi connectivity index (χ1v) is 7.13. The second-order valence-corrected chi connectivity index (χ2v) is 5.41. The van der Waals surface area contributed by atoms with Gasteiger partial charge in [-0.15, -0.1) is 0 Å². The van der Waals surface area contributed by atoms with E-state index < -0.39 is 0 Å². The van der Waals surface area contributed by atoms with Crippen LogP contribution in [0.1, 0.15) is 32.4 Å². The van der Waals surface area contributed by atoms with E-state index in [1.165, 1.54) is 0 Å². The number of aromatic nitrogens is 4. The Morgan fingerprint density at radius 2 is 2.11 bits per heavy atom. The molecule has 2 heterocycles. The molecule has 2 aromatic rings. The van der Waals surface area contributed by atoms with Crippen LogP contribution in [0.2, 0.25) is 0 Å². The van der Waals surface area contributed by atoms with E-state index in [4.69, 9.17) is 0 Å². The Hall–Kier alpha value is -1.43. The van der Waals surface area contributed by atoms with E-state index in [2.05, 4.69) is 50.2 Å². The van der Waals surface area contributed by atoms with Gasteiger partial charge in [0.2, 0.25) is 0 Å². The van der Waals surface area contributed by atoms with E-state index in [1.807, 2.05) is 20.0 Å². The van der Waals surface area contributed by atoms with Crippen molar-refractivity contribution in [2.75, 3.05) is 11.9 Å². The molecule has 102 valence electrons. The summed E-state index contributed by atoms with van der Waals surface area (Å²) in [5.41, 5.74) is 1.91. The Kier molecular flexibility index (Phi) is 4.19. The lowest BCUT2D eigenvalue weighted by Gasteiger charge is -2.14. The molecule has 6 heteroatoms. The largest absolute Gasteiger partial charge is 0.369 e. The average Bonchev–Trinajstić information content (AvgIpc) is 2.78. The lowest BCUT2D eigenvalue weighted by atomic mass is 10.1. The molecule has 0 saturated carbocycles. The maximum Gasteiger partial charge on any atom is 0.180 e. The normalized spacial score (nSPS) is 11.1. The summed E-state index contributed by atoms with van der Waals surface area (Å²) >= 11 is 3.59. The Morgan fingerprint density at radius 3 is 2.63 bits per heavy atom. The quantitative estimate of drug-likeness (QED) is 0.938. The van der Waals surface area contributed by atoms with Crippen LogP contribution in [0.15, 0.2) is 16.7 Å². The van der Waals surface area contributed by atoms with Crippen molar-refractivity contribution in [3.8, 4) is 11.5 Å². The molecule has 0 spiro atoms. The molecule has 0 aliphatic rings. The summed E-state index contributed by atoms with van der Waals surface area (Å²) in [5, 5.41) is 7.44. The number of halogens is 1. The Morgan fingerprint density at radius 1 is 1.37 bits per heavy atom. The summed E-state index contributed by atoms with van der Waals surface area (Å²) in [6.45, 7) is 7.11. The zero-order chi connectivity index (χ0) is 14.0. The van der Waals surface area contributed by atoms with E-state index in [0.29, 0.717) is 11.7 Å². The van der Waals surface area contributed by atoms with Gasteiger partial charge in [-0.25, -0.2) is 9.97 Å². The van der Waals surface area contributed by atoms with E-state index in [1.54, 1.807) is 10.9 Å². The number of nitrogens with zero attached hydrogens (tertiary/aromatic N) is 4. The standard InChI is InChI=1S/C13H18BrN5/c1-5-15-13-10(14)11(8(2)3)17-12(18-13)9-6-7-16-19(9)4/h6-8H,5H2,1-4H3,(H,15,17,18). The van der Waals surface area contributed by atoms with Gasteiger partial charge in [-0.3, -0.25) is 4.68 Å². The third-order valence-electron chi connectivity index (χ3n) is 2.82. The number of aryl methyl sites for hydroxylation is 1. The number of hydrogen-bond acceptors (Lipinski definition) is 4. The average molecular weight is 324 g/mol. The molecule has 0 fully saturated rings. The first kappa shape index (κ1) is 14.0. The van der Waals surface area contributed by atoms with Crippen molar-refractivity contribution in [3.05, 3.63) is 22.4 Å². The molecule has 0 aliphatic heterocycles. The van der Waals surface area contributed by atoms with E-state index in [0.717, 1.165) is 28.2 Å². The predicted molar refractivity (Wildman–Crippen MR) is 80.2 cm³/mol. The molecule has 0 saturated heterocycles. The van der Waals surface area contributed by atoms with Gasteiger partial charge in [-0.1, -0.05) is 13.8 Å². The molecular formula is C13H18BrN5. The summed E-state index contributed by atoms with van der Waals surface area (Å²) < 4.78 is 2.72. The molecular weight excluding hydrogens is 306 g/mol. The van der Waals surface area contributed by atoms with Gasteiger partial charge in [0, 0.05) is 19.8 Å². The fourth-order valence-electron chi connectivity index (χ4n) is 1.84. The molecule has 2 rings (SSSR count). The predicted octanol–water partition coefficient (Wildman–Crippen LogP) is 3.19. The first-order valence-electron chi connectivity index (χ1n) is 6.34. The minimum absolute atomic E-state index is 0.321. The summed E-state index contributed by atoms with van der Waals surface area (Å²) in [5.74, 6) is 1.85. The van der Waals surface area contributed by atoms with Crippen molar-refractivity contribution >= 4 is 21.7 Å². The van der Waals surface area contributed by atoms with Crippen LogP contribution in [0.4, 0.5) is 5.82 Å². The summed E-state index contributed by atoms with van der Waals surface area (Å²) in [7, 11) is 1.89. The SMILES string of the molecule is CCNc1nc(-c2ccnn2C)nc(C(C)C)c1Br. The minimum Gasteiger partial charge on any atom is -0.369 e. The Bertz CT molecular complexity index is 576. The molecule has 0 radical (unpaired) electrons. The molecule has 0 aromatic carbocycles. The fraction of sp³-hybridized carbons (Fsp3) is 0.462. The van der Waals surface area contributed by atoms with Gasteiger partial charge < -0.3 is 5.32 Å². The lowest BCUT2D eigenvalue weighted by Crippen LogP contribution is -2.08. The van der Waals surface area contributed by atoms with Gasteiger partial charge in [0.1, 0.15) is 11.5 Å². The highest BCUT2D eigenvalue weighted by Gasteiger charge is 2.16. The van der Waals surface area contributed by atoms with Gasteiger partial charge in [-0.2, -0.15) is 5.10 Å². The van der Waals surface area contributed by atoms with Crippen LogP contribution in [-0.2, 0) is 7.05 Å².